The molecule has 0 spiro atoms. The predicted octanol–water partition coefficient (Wildman–Crippen LogP) is 3.70. The highest BCUT2D eigenvalue weighted by Gasteiger charge is 2.10. The number of fused-ring (bicyclic) bond motifs is 1. The van der Waals surface area contributed by atoms with E-state index in [1.165, 1.54) is 19.2 Å². The highest BCUT2D eigenvalue weighted by atomic mass is 32.1. The molecular formula is C17H16FN3OS. The standard InChI is InChI=1S/C17H16FN3OS/c1-21-15-5-3-4-11(13(15)10-19-21)8-17(23)20-14-9-12(18)6-7-16(14)22-2/h3-7,9-10H,8H2,1-2H3,(H,20,23). The highest BCUT2D eigenvalue weighted by Crippen LogP contribution is 2.26. The number of anilines is 1. The molecule has 0 aliphatic rings. The molecule has 23 heavy (non-hydrogen) atoms. The number of aromatic nitrogens is 2. The molecule has 0 aliphatic carbocycles. The average molecular weight is 329 g/mol. The lowest BCUT2D eigenvalue weighted by Crippen LogP contribution is -2.13. The first kappa shape index (κ1) is 15.4. The van der Waals surface area contributed by atoms with E-state index in [-0.39, 0.29) is 5.82 Å². The molecule has 3 aromatic rings. The lowest BCUT2D eigenvalue weighted by atomic mass is 10.1. The minimum atomic E-state index is -0.342. The summed E-state index contributed by atoms with van der Waals surface area (Å²) in [5.74, 6) is 0.207. The maximum Gasteiger partial charge on any atom is 0.142 e. The highest BCUT2D eigenvalue weighted by molar-refractivity contribution is 7.80. The Morgan fingerprint density at radius 3 is 2.96 bits per heavy atom. The van der Waals surface area contributed by atoms with E-state index in [9.17, 15) is 4.39 Å². The van der Waals surface area contributed by atoms with Crippen molar-refractivity contribution in [2.45, 2.75) is 6.42 Å². The van der Waals surface area contributed by atoms with E-state index in [0.29, 0.717) is 22.8 Å². The molecule has 0 saturated carbocycles. The van der Waals surface area contributed by atoms with Gasteiger partial charge < -0.3 is 10.1 Å². The van der Waals surface area contributed by atoms with Crippen LogP contribution in [0.2, 0.25) is 0 Å². The van der Waals surface area contributed by atoms with Gasteiger partial charge in [-0.3, -0.25) is 4.68 Å². The third kappa shape index (κ3) is 3.17. The number of aryl methyl sites for hydroxylation is 1. The van der Waals surface area contributed by atoms with Crippen molar-refractivity contribution in [3.05, 3.63) is 54.0 Å². The summed E-state index contributed by atoms with van der Waals surface area (Å²) in [6.07, 6.45) is 2.37. The molecule has 1 aromatic heterocycles. The minimum Gasteiger partial charge on any atom is -0.495 e. The monoisotopic (exact) mass is 329 g/mol. The maximum atomic E-state index is 13.4. The van der Waals surface area contributed by atoms with Gasteiger partial charge in [-0.25, -0.2) is 4.39 Å². The van der Waals surface area contributed by atoms with Gasteiger partial charge in [0.15, 0.2) is 0 Å². The molecule has 1 N–H and O–H groups in total. The van der Waals surface area contributed by atoms with E-state index in [2.05, 4.69) is 10.4 Å². The number of ether oxygens (including phenoxy) is 1. The van der Waals surface area contributed by atoms with Gasteiger partial charge in [-0.1, -0.05) is 24.4 Å². The van der Waals surface area contributed by atoms with Crippen LogP contribution in [0.15, 0.2) is 42.6 Å². The van der Waals surface area contributed by atoms with Crippen LogP contribution in [0.3, 0.4) is 0 Å². The van der Waals surface area contributed by atoms with Crippen molar-refractivity contribution >= 4 is 33.8 Å². The van der Waals surface area contributed by atoms with Crippen LogP contribution in [0.5, 0.6) is 5.75 Å². The summed E-state index contributed by atoms with van der Waals surface area (Å²) in [4.78, 5) is 0.588. The molecule has 2 aromatic carbocycles. The number of rotatable bonds is 4. The lowest BCUT2D eigenvalue weighted by Gasteiger charge is -2.12. The first-order valence-electron chi connectivity index (χ1n) is 7.11. The summed E-state index contributed by atoms with van der Waals surface area (Å²) < 4.78 is 20.5. The van der Waals surface area contributed by atoms with Gasteiger partial charge in [0.2, 0.25) is 0 Å². The Balaban J connectivity index is 1.83. The summed E-state index contributed by atoms with van der Waals surface area (Å²) in [5.41, 5.74) is 2.65. The van der Waals surface area contributed by atoms with Gasteiger partial charge in [-0.05, 0) is 23.8 Å². The third-order valence-electron chi connectivity index (χ3n) is 3.67. The second kappa shape index (κ2) is 6.34. The smallest absolute Gasteiger partial charge is 0.142 e. The van der Waals surface area contributed by atoms with Crippen molar-refractivity contribution in [2.75, 3.05) is 12.4 Å². The maximum absolute atomic E-state index is 13.4. The fraction of sp³-hybridized carbons (Fsp3) is 0.176. The van der Waals surface area contributed by atoms with Gasteiger partial charge in [0, 0.05) is 24.9 Å². The predicted molar refractivity (Wildman–Crippen MR) is 93.6 cm³/mol. The molecule has 0 radical (unpaired) electrons. The second-order valence-corrected chi connectivity index (χ2v) is 5.68. The summed E-state index contributed by atoms with van der Waals surface area (Å²) in [5, 5.41) is 8.39. The van der Waals surface area contributed by atoms with Crippen LogP contribution in [0, 0.1) is 5.82 Å². The van der Waals surface area contributed by atoms with Gasteiger partial charge in [0.25, 0.3) is 0 Å². The summed E-state index contributed by atoms with van der Waals surface area (Å²) >= 11 is 5.42. The van der Waals surface area contributed by atoms with E-state index in [4.69, 9.17) is 17.0 Å². The second-order valence-electron chi connectivity index (χ2n) is 5.19. The van der Waals surface area contributed by atoms with Crippen molar-refractivity contribution < 1.29 is 9.13 Å². The third-order valence-corrected chi connectivity index (χ3v) is 3.92. The zero-order chi connectivity index (χ0) is 16.4. The van der Waals surface area contributed by atoms with E-state index in [1.807, 2.05) is 36.1 Å². The van der Waals surface area contributed by atoms with Crippen molar-refractivity contribution in [1.29, 1.82) is 0 Å². The molecule has 0 bridgehead atoms. The quantitative estimate of drug-likeness (QED) is 0.741. The molecule has 3 rings (SSSR count). The first-order valence-corrected chi connectivity index (χ1v) is 7.52. The van der Waals surface area contributed by atoms with Crippen molar-refractivity contribution in [3.8, 4) is 5.75 Å². The number of hydrogen-bond donors (Lipinski definition) is 1. The van der Waals surface area contributed by atoms with Crippen LogP contribution >= 0.6 is 12.2 Å². The topological polar surface area (TPSA) is 39.1 Å². The van der Waals surface area contributed by atoms with Crippen molar-refractivity contribution in [2.24, 2.45) is 7.05 Å². The SMILES string of the molecule is COc1ccc(F)cc1NC(=S)Cc1cccc2c1cnn2C. The molecule has 0 amide bonds. The fourth-order valence-electron chi connectivity index (χ4n) is 2.54. The molecule has 0 aliphatic heterocycles. The number of thiocarbonyl (C=S) groups is 1. The lowest BCUT2D eigenvalue weighted by molar-refractivity contribution is 0.416. The Kier molecular flexibility index (Phi) is 4.25. The molecule has 0 fully saturated rings. The summed E-state index contributed by atoms with van der Waals surface area (Å²) in [6.45, 7) is 0. The number of nitrogens with one attached hydrogen (secondary N) is 1. The van der Waals surface area contributed by atoms with Gasteiger partial charge in [-0.15, -0.1) is 0 Å². The van der Waals surface area contributed by atoms with E-state index < -0.39 is 0 Å². The number of halogens is 1. The van der Waals surface area contributed by atoms with Gasteiger partial charge >= 0.3 is 0 Å². The minimum absolute atomic E-state index is 0.342. The van der Waals surface area contributed by atoms with Crippen LogP contribution in [0.4, 0.5) is 10.1 Å². The normalized spacial score (nSPS) is 10.7. The molecule has 6 heteroatoms. The zero-order valence-electron chi connectivity index (χ0n) is 12.8. The number of hydrogen-bond acceptors (Lipinski definition) is 3. The fourth-order valence-corrected chi connectivity index (χ4v) is 2.80. The number of benzene rings is 2. The first-order chi connectivity index (χ1) is 11.1. The number of nitrogens with zero attached hydrogens (tertiary/aromatic N) is 2. The number of methoxy groups -OCH3 is 1. The largest absolute Gasteiger partial charge is 0.495 e. The van der Waals surface area contributed by atoms with E-state index in [1.54, 1.807) is 6.07 Å². The van der Waals surface area contributed by atoms with Crippen LogP contribution in [0.25, 0.3) is 10.9 Å². The summed E-state index contributed by atoms with van der Waals surface area (Å²) in [6, 6.07) is 10.3. The van der Waals surface area contributed by atoms with Crippen LogP contribution in [0.1, 0.15) is 5.56 Å². The molecule has 4 nitrogen and oxygen atoms in total. The van der Waals surface area contributed by atoms with Gasteiger partial charge in [-0.2, -0.15) is 5.10 Å². The van der Waals surface area contributed by atoms with Crippen LogP contribution < -0.4 is 10.1 Å². The van der Waals surface area contributed by atoms with Crippen LogP contribution in [-0.4, -0.2) is 21.9 Å². The zero-order valence-corrected chi connectivity index (χ0v) is 13.7. The molecule has 1 heterocycles. The van der Waals surface area contributed by atoms with Gasteiger partial charge in [0.1, 0.15) is 11.6 Å². The molecule has 0 atom stereocenters. The van der Waals surface area contributed by atoms with Crippen molar-refractivity contribution in [3.63, 3.8) is 0 Å². The van der Waals surface area contributed by atoms with E-state index in [0.717, 1.165) is 16.5 Å². The van der Waals surface area contributed by atoms with E-state index >= 15 is 0 Å². The Morgan fingerprint density at radius 1 is 1.35 bits per heavy atom. The Labute approximate surface area is 138 Å². The average Bonchev–Trinajstić information content (AvgIpc) is 2.90. The Bertz CT molecular complexity index is 875. The van der Waals surface area contributed by atoms with Crippen molar-refractivity contribution in [1.82, 2.24) is 9.78 Å². The molecular weight excluding hydrogens is 313 g/mol. The summed E-state index contributed by atoms with van der Waals surface area (Å²) in [7, 11) is 3.44. The molecule has 118 valence electrons. The van der Waals surface area contributed by atoms with Crippen LogP contribution in [-0.2, 0) is 13.5 Å². The molecule has 0 saturated heterocycles. The van der Waals surface area contributed by atoms with Gasteiger partial charge in [0.05, 0.1) is 29.5 Å². The Morgan fingerprint density at radius 2 is 2.17 bits per heavy atom. The Hall–Kier alpha value is -2.47. The molecule has 0 unspecified atom stereocenters.